The van der Waals surface area contributed by atoms with Gasteiger partial charge in [0.2, 0.25) is 0 Å². The Hall–Kier alpha value is -1.89. The summed E-state index contributed by atoms with van der Waals surface area (Å²) < 4.78 is 43.3. The van der Waals surface area contributed by atoms with E-state index in [4.69, 9.17) is 4.52 Å². The van der Waals surface area contributed by atoms with E-state index in [1.165, 1.54) is 44.2 Å². The quantitative estimate of drug-likeness (QED) is 0.859. The summed E-state index contributed by atoms with van der Waals surface area (Å²) in [6, 6.07) is 4.82. The summed E-state index contributed by atoms with van der Waals surface area (Å²) in [5.74, 6) is 3.53. The predicted octanol–water partition coefficient (Wildman–Crippen LogP) is 4.42. The van der Waals surface area contributed by atoms with Crippen LogP contribution in [-0.4, -0.2) is 15.7 Å². The van der Waals surface area contributed by atoms with Gasteiger partial charge in [0.15, 0.2) is 5.82 Å². The van der Waals surface area contributed by atoms with E-state index in [0.29, 0.717) is 23.3 Å². The first-order chi connectivity index (χ1) is 12.9. The molecule has 4 aliphatic rings. The molecule has 5 unspecified atom stereocenters. The van der Waals surface area contributed by atoms with Crippen LogP contribution in [0.25, 0.3) is 11.5 Å². The summed E-state index contributed by atoms with van der Waals surface area (Å²) in [6.45, 7) is 0.554. The Balaban J connectivity index is 1.16. The fourth-order valence-corrected chi connectivity index (χ4v) is 6.99. The third-order valence-electron chi connectivity index (χ3n) is 7.91. The molecule has 0 radical (unpaired) electrons. The van der Waals surface area contributed by atoms with Crippen molar-refractivity contribution in [2.45, 2.75) is 50.4 Å². The molecule has 0 aliphatic heterocycles. The van der Waals surface area contributed by atoms with Crippen LogP contribution in [0.1, 0.15) is 43.5 Å². The zero-order valence-corrected chi connectivity index (χ0v) is 14.7. The Morgan fingerprint density at radius 2 is 1.89 bits per heavy atom. The summed E-state index contributed by atoms with van der Waals surface area (Å²) in [4.78, 5) is 4.38. The lowest BCUT2D eigenvalue weighted by Crippen LogP contribution is -2.75. The number of hydrogen-bond donors (Lipinski definition) is 1. The molecule has 4 saturated carbocycles. The van der Waals surface area contributed by atoms with Crippen LogP contribution >= 0.6 is 0 Å². The highest BCUT2D eigenvalue weighted by atomic mass is 19.4. The average molecular weight is 375 g/mol. The largest absolute Gasteiger partial charge is 0.416 e. The minimum absolute atomic E-state index is 0.261. The van der Waals surface area contributed by atoms with Gasteiger partial charge in [0.25, 0.3) is 5.89 Å². The third kappa shape index (κ3) is 1.98. The average Bonchev–Trinajstić information content (AvgIpc) is 3.28. The summed E-state index contributed by atoms with van der Waals surface area (Å²) in [6.07, 6.45) is 2.41. The smallest absolute Gasteiger partial charge is 0.334 e. The van der Waals surface area contributed by atoms with Crippen molar-refractivity contribution in [2.24, 2.45) is 23.2 Å². The molecule has 7 heteroatoms. The fraction of sp³-hybridized carbons (Fsp3) is 0.600. The van der Waals surface area contributed by atoms with Gasteiger partial charge in [-0.1, -0.05) is 5.16 Å². The molecule has 5 atom stereocenters. The Kier molecular flexibility index (Phi) is 2.94. The monoisotopic (exact) mass is 375 g/mol. The molecule has 2 bridgehead atoms. The molecule has 142 valence electrons. The van der Waals surface area contributed by atoms with Gasteiger partial charge in [0.05, 0.1) is 12.1 Å². The first kappa shape index (κ1) is 16.1. The molecule has 1 aromatic carbocycles. The highest BCUT2D eigenvalue weighted by Crippen LogP contribution is 2.82. The maximum Gasteiger partial charge on any atom is 0.416 e. The van der Waals surface area contributed by atoms with E-state index in [-0.39, 0.29) is 11.4 Å². The number of benzene rings is 1. The van der Waals surface area contributed by atoms with Crippen molar-refractivity contribution in [3.05, 3.63) is 35.7 Å². The molecule has 1 N–H and O–H groups in total. The van der Waals surface area contributed by atoms with Gasteiger partial charge in [-0.25, -0.2) is 0 Å². The third-order valence-corrected chi connectivity index (χ3v) is 7.91. The molecular formula is C20H20F3N3O. The summed E-state index contributed by atoms with van der Waals surface area (Å²) in [5, 5.41) is 7.78. The van der Waals surface area contributed by atoms with Crippen molar-refractivity contribution in [2.75, 3.05) is 0 Å². The lowest BCUT2D eigenvalue weighted by Gasteiger charge is -2.73. The van der Waals surface area contributed by atoms with Gasteiger partial charge in [-0.3, -0.25) is 0 Å². The minimum Gasteiger partial charge on any atom is -0.334 e. The number of rotatable bonds is 4. The number of alkyl halides is 3. The Morgan fingerprint density at radius 1 is 1.07 bits per heavy atom. The fourth-order valence-electron chi connectivity index (χ4n) is 6.99. The molecule has 2 aromatic rings. The normalized spacial score (nSPS) is 38.4. The van der Waals surface area contributed by atoms with Crippen molar-refractivity contribution in [1.29, 1.82) is 0 Å². The van der Waals surface area contributed by atoms with Crippen LogP contribution in [0.3, 0.4) is 0 Å². The first-order valence-electron chi connectivity index (χ1n) is 9.65. The van der Waals surface area contributed by atoms with Gasteiger partial charge in [-0.05, 0) is 79.5 Å². The van der Waals surface area contributed by atoms with Crippen molar-refractivity contribution in [1.82, 2.24) is 15.5 Å². The highest BCUT2D eigenvalue weighted by molar-refractivity contribution is 5.53. The zero-order valence-electron chi connectivity index (χ0n) is 14.7. The molecule has 4 aliphatic carbocycles. The van der Waals surface area contributed by atoms with Crippen LogP contribution in [0.15, 0.2) is 28.8 Å². The van der Waals surface area contributed by atoms with Crippen molar-refractivity contribution < 1.29 is 17.7 Å². The summed E-state index contributed by atoms with van der Waals surface area (Å²) in [7, 11) is 0. The number of nitrogens with zero attached hydrogens (tertiary/aromatic N) is 2. The van der Waals surface area contributed by atoms with Crippen LogP contribution < -0.4 is 5.32 Å². The number of fused-ring (bicyclic) bond motifs is 1. The van der Waals surface area contributed by atoms with Crippen LogP contribution in [0.5, 0.6) is 0 Å². The minimum atomic E-state index is -4.35. The van der Waals surface area contributed by atoms with Gasteiger partial charge < -0.3 is 9.84 Å². The van der Waals surface area contributed by atoms with Gasteiger partial charge in [-0.2, -0.15) is 18.2 Å². The van der Waals surface area contributed by atoms with Crippen LogP contribution in [0.2, 0.25) is 0 Å². The standard InChI is InChI=1S/C20H20F3N3O/c21-20(22,23)13-3-1-12(2-4-13)17-25-16(26-27-17)10-24-18-7-11-5-14-6-15(9-18)19(14,18)8-11/h1-4,11,14-15,24H,5-10H2. The van der Waals surface area contributed by atoms with Crippen molar-refractivity contribution in [3.63, 3.8) is 0 Å². The summed E-state index contributed by atoms with van der Waals surface area (Å²) in [5.41, 5.74) is 0.620. The zero-order chi connectivity index (χ0) is 18.4. The first-order valence-corrected chi connectivity index (χ1v) is 9.65. The molecule has 1 spiro atoms. The second-order valence-electron chi connectivity index (χ2n) is 8.91. The van der Waals surface area contributed by atoms with Gasteiger partial charge in [-0.15, -0.1) is 0 Å². The molecule has 27 heavy (non-hydrogen) atoms. The van der Waals surface area contributed by atoms with Gasteiger partial charge in [0, 0.05) is 11.1 Å². The van der Waals surface area contributed by atoms with E-state index in [2.05, 4.69) is 15.5 Å². The van der Waals surface area contributed by atoms with Gasteiger partial charge in [0.1, 0.15) is 0 Å². The maximum atomic E-state index is 12.7. The Labute approximate surface area is 154 Å². The van der Waals surface area contributed by atoms with E-state index < -0.39 is 11.7 Å². The molecule has 1 aromatic heterocycles. The topological polar surface area (TPSA) is 51.0 Å². The molecule has 4 nitrogen and oxygen atoms in total. The van der Waals surface area contributed by atoms with E-state index in [9.17, 15) is 13.2 Å². The number of aromatic nitrogens is 2. The van der Waals surface area contributed by atoms with Crippen LogP contribution in [-0.2, 0) is 12.7 Å². The van der Waals surface area contributed by atoms with Gasteiger partial charge >= 0.3 is 6.18 Å². The number of nitrogens with one attached hydrogen (secondary N) is 1. The molecule has 4 fully saturated rings. The van der Waals surface area contributed by atoms with Crippen LogP contribution in [0, 0.1) is 23.2 Å². The molecule has 0 saturated heterocycles. The summed E-state index contributed by atoms with van der Waals surface area (Å²) >= 11 is 0. The predicted molar refractivity (Wildman–Crippen MR) is 90.3 cm³/mol. The maximum absolute atomic E-state index is 12.7. The Bertz CT molecular complexity index is 908. The van der Waals surface area contributed by atoms with E-state index in [1.54, 1.807) is 0 Å². The molecule has 1 heterocycles. The van der Waals surface area contributed by atoms with E-state index in [0.717, 1.165) is 29.9 Å². The van der Waals surface area contributed by atoms with E-state index in [1.807, 2.05) is 0 Å². The van der Waals surface area contributed by atoms with Crippen molar-refractivity contribution in [3.8, 4) is 11.5 Å². The second-order valence-corrected chi connectivity index (χ2v) is 8.91. The Morgan fingerprint density at radius 3 is 2.59 bits per heavy atom. The SMILES string of the molecule is FC(F)(F)c1ccc(-c2nc(CNC34CC5CC6CC(C3)C64C5)no2)cc1. The van der Waals surface area contributed by atoms with Crippen LogP contribution in [0.4, 0.5) is 13.2 Å². The lowest BCUT2D eigenvalue weighted by atomic mass is 9.35. The molecule has 6 rings (SSSR count). The second kappa shape index (κ2) is 4.93. The highest BCUT2D eigenvalue weighted by Gasteiger charge is 2.80. The van der Waals surface area contributed by atoms with Crippen molar-refractivity contribution >= 4 is 0 Å². The molecule has 0 amide bonds. The molecular weight excluding hydrogens is 355 g/mol. The number of halogens is 3. The van der Waals surface area contributed by atoms with E-state index >= 15 is 0 Å². The lowest BCUT2D eigenvalue weighted by molar-refractivity contribution is -0.207. The number of hydrogen-bond acceptors (Lipinski definition) is 4.